The Labute approximate surface area is 90.6 Å². The fourth-order valence-corrected chi connectivity index (χ4v) is 2.73. The minimum atomic E-state index is -3.12. The molecule has 0 saturated carbocycles. The van der Waals surface area contributed by atoms with Crippen LogP contribution in [-0.4, -0.2) is 29.8 Å². The molecule has 0 saturated heterocycles. The third-order valence-corrected chi connectivity index (χ3v) is 3.60. The molecule has 0 aromatic carbocycles. The zero-order chi connectivity index (χ0) is 11.3. The average Bonchev–Trinajstić information content (AvgIpc) is 2.54. The molecule has 1 unspecified atom stereocenters. The lowest BCUT2D eigenvalue weighted by molar-refractivity contribution is 0.520. The zero-order valence-electron chi connectivity index (χ0n) is 9.05. The molecule has 5 nitrogen and oxygen atoms in total. The highest BCUT2D eigenvalue weighted by atomic mass is 32.2. The van der Waals surface area contributed by atoms with Crippen molar-refractivity contribution in [2.24, 2.45) is 0 Å². The van der Waals surface area contributed by atoms with Gasteiger partial charge in [0.05, 0.1) is 12.1 Å². The van der Waals surface area contributed by atoms with E-state index in [1.807, 2.05) is 24.6 Å². The lowest BCUT2D eigenvalue weighted by Crippen LogP contribution is -2.36. The van der Waals surface area contributed by atoms with Crippen molar-refractivity contribution in [3.05, 3.63) is 18.7 Å². The lowest BCUT2D eigenvalue weighted by atomic mass is 10.4. The van der Waals surface area contributed by atoms with Crippen LogP contribution in [0.3, 0.4) is 0 Å². The van der Waals surface area contributed by atoms with Crippen LogP contribution in [0.4, 0.5) is 0 Å². The Hall–Kier alpha value is -0.880. The third-order valence-electron chi connectivity index (χ3n) is 1.90. The van der Waals surface area contributed by atoms with Gasteiger partial charge in [0.15, 0.2) is 0 Å². The Morgan fingerprint density at radius 1 is 1.53 bits per heavy atom. The molecule has 1 aromatic heterocycles. The minimum absolute atomic E-state index is 0.115. The van der Waals surface area contributed by atoms with E-state index in [0.29, 0.717) is 13.0 Å². The first-order valence-electron chi connectivity index (χ1n) is 4.99. The number of nitrogens with one attached hydrogen (secondary N) is 1. The van der Waals surface area contributed by atoms with Crippen molar-refractivity contribution in [3.8, 4) is 0 Å². The van der Waals surface area contributed by atoms with Gasteiger partial charge in [-0.1, -0.05) is 6.92 Å². The van der Waals surface area contributed by atoms with Crippen molar-refractivity contribution in [3.63, 3.8) is 0 Å². The summed E-state index contributed by atoms with van der Waals surface area (Å²) in [4.78, 5) is 3.89. The van der Waals surface area contributed by atoms with E-state index in [2.05, 4.69) is 9.71 Å². The van der Waals surface area contributed by atoms with Crippen molar-refractivity contribution in [1.82, 2.24) is 14.3 Å². The highest BCUT2D eigenvalue weighted by molar-refractivity contribution is 7.89. The summed E-state index contributed by atoms with van der Waals surface area (Å²) in [5, 5.41) is 0. The predicted octanol–water partition coefficient (Wildman–Crippen LogP) is 0.601. The van der Waals surface area contributed by atoms with Gasteiger partial charge >= 0.3 is 0 Å². The highest BCUT2D eigenvalue weighted by Gasteiger charge is 2.13. The summed E-state index contributed by atoms with van der Waals surface area (Å²) in [5.41, 5.74) is 0. The summed E-state index contributed by atoms with van der Waals surface area (Å²) in [6.07, 6.45) is 5.79. The average molecular weight is 231 g/mol. The molecule has 0 spiro atoms. The van der Waals surface area contributed by atoms with Crippen LogP contribution in [0.25, 0.3) is 0 Å². The van der Waals surface area contributed by atoms with Gasteiger partial charge in [0.1, 0.15) is 0 Å². The molecule has 0 radical (unpaired) electrons. The first kappa shape index (κ1) is 12.2. The molecule has 1 N–H and O–H groups in total. The summed E-state index contributed by atoms with van der Waals surface area (Å²) in [6.45, 7) is 4.29. The number of hydrogen-bond acceptors (Lipinski definition) is 3. The summed E-state index contributed by atoms with van der Waals surface area (Å²) in [7, 11) is -3.12. The van der Waals surface area contributed by atoms with Gasteiger partial charge in [-0.3, -0.25) is 0 Å². The van der Waals surface area contributed by atoms with Crippen LogP contribution in [0.2, 0.25) is 0 Å². The van der Waals surface area contributed by atoms with Gasteiger partial charge in [-0.15, -0.1) is 0 Å². The maximum absolute atomic E-state index is 11.4. The van der Waals surface area contributed by atoms with E-state index in [0.717, 1.165) is 0 Å². The smallest absolute Gasteiger partial charge is 0.211 e. The fourth-order valence-electron chi connectivity index (χ4n) is 1.38. The molecule has 0 fully saturated rings. The zero-order valence-corrected chi connectivity index (χ0v) is 9.87. The van der Waals surface area contributed by atoms with Crippen molar-refractivity contribution in [1.29, 1.82) is 0 Å². The molecule has 15 heavy (non-hydrogen) atoms. The lowest BCUT2D eigenvalue weighted by Gasteiger charge is -2.14. The molecular weight excluding hydrogens is 214 g/mol. The molecule has 0 aliphatic carbocycles. The van der Waals surface area contributed by atoms with Crippen molar-refractivity contribution in [2.75, 3.05) is 5.75 Å². The summed E-state index contributed by atoms with van der Waals surface area (Å²) >= 11 is 0. The van der Waals surface area contributed by atoms with E-state index in [9.17, 15) is 8.42 Å². The van der Waals surface area contributed by atoms with Gasteiger partial charge in [0, 0.05) is 25.0 Å². The molecule has 6 heteroatoms. The first-order valence-corrected chi connectivity index (χ1v) is 6.64. The van der Waals surface area contributed by atoms with Crippen LogP contribution in [0.15, 0.2) is 18.7 Å². The first-order chi connectivity index (χ1) is 7.03. The van der Waals surface area contributed by atoms with E-state index in [4.69, 9.17) is 0 Å². The van der Waals surface area contributed by atoms with Crippen molar-refractivity contribution in [2.45, 2.75) is 32.9 Å². The Bertz CT molecular complexity index is 372. The number of nitrogens with zero attached hydrogens (tertiary/aromatic N) is 2. The monoisotopic (exact) mass is 231 g/mol. The highest BCUT2D eigenvalue weighted by Crippen LogP contribution is 1.96. The van der Waals surface area contributed by atoms with Gasteiger partial charge < -0.3 is 4.57 Å². The summed E-state index contributed by atoms with van der Waals surface area (Å²) < 4.78 is 27.3. The van der Waals surface area contributed by atoms with Crippen LogP contribution in [-0.2, 0) is 16.6 Å². The van der Waals surface area contributed by atoms with Gasteiger partial charge in [-0.05, 0) is 13.3 Å². The van der Waals surface area contributed by atoms with Crippen LogP contribution < -0.4 is 4.72 Å². The number of sulfonamides is 1. The number of rotatable bonds is 6. The van der Waals surface area contributed by atoms with Gasteiger partial charge in [0.25, 0.3) is 0 Å². The Kier molecular flexibility index (Phi) is 4.28. The van der Waals surface area contributed by atoms with Crippen molar-refractivity contribution >= 4 is 10.0 Å². The van der Waals surface area contributed by atoms with Crippen LogP contribution in [0.5, 0.6) is 0 Å². The van der Waals surface area contributed by atoms with Crippen LogP contribution in [0, 0.1) is 0 Å². The van der Waals surface area contributed by atoms with Gasteiger partial charge in [-0.2, -0.15) is 0 Å². The van der Waals surface area contributed by atoms with Gasteiger partial charge in [0.2, 0.25) is 10.0 Å². The molecule has 0 aliphatic rings. The van der Waals surface area contributed by atoms with Crippen molar-refractivity contribution < 1.29 is 8.42 Å². The van der Waals surface area contributed by atoms with E-state index in [1.165, 1.54) is 0 Å². The topological polar surface area (TPSA) is 64.0 Å². The Morgan fingerprint density at radius 2 is 2.27 bits per heavy atom. The second-order valence-electron chi connectivity index (χ2n) is 3.60. The molecule has 1 atom stereocenters. The molecule has 1 heterocycles. The second kappa shape index (κ2) is 5.27. The second-order valence-corrected chi connectivity index (χ2v) is 5.47. The molecular formula is C9H17N3O2S. The van der Waals surface area contributed by atoms with E-state index in [-0.39, 0.29) is 11.8 Å². The Morgan fingerprint density at radius 3 is 2.80 bits per heavy atom. The molecule has 0 bridgehead atoms. The van der Waals surface area contributed by atoms with Crippen LogP contribution >= 0.6 is 0 Å². The van der Waals surface area contributed by atoms with E-state index in [1.54, 1.807) is 12.5 Å². The maximum Gasteiger partial charge on any atom is 0.211 e. The SMILES string of the molecule is CCCS(=O)(=O)NC(C)Cn1ccnc1. The molecule has 1 rings (SSSR count). The third kappa shape index (κ3) is 4.44. The molecule has 0 aliphatic heterocycles. The molecule has 0 amide bonds. The van der Waals surface area contributed by atoms with Crippen LogP contribution in [0.1, 0.15) is 20.3 Å². The number of imidazole rings is 1. The van der Waals surface area contributed by atoms with Gasteiger partial charge in [-0.25, -0.2) is 18.1 Å². The number of hydrogen-bond donors (Lipinski definition) is 1. The quantitative estimate of drug-likeness (QED) is 0.780. The number of aromatic nitrogens is 2. The maximum atomic E-state index is 11.4. The normalized spacial score (nSPS) is 14.0. The molecule has 1 aromatic rings. The van der Waals surface area contributed by atoms with E-state index < -0.39 is 10.0 Å². The van der Waals surface area contributed by atoms with E-state index >= 15 is 0 Å². The fraction of sp³-hybridized carbons (Fsp3) is 0.667. The predicted molar refractivity (Wildman–Crippen MR) is 58.9 cm³/mol. The Balaban J connectivity index is 2.46. The summed E-state index contributed by atoms with van der Waals surface area (Å²) in [5.74, 6) is 0.182. The minimum Gasteiger partial charge on any atom is -0.336 e. The largest absolute Gasteiger partial charge is 0.336 e. The molecule has 86 valence electrons. The summed E-state index contributed by atoms with van der Waals surface area (Å²) in [6, 6.07) is -0.115. The standard InChI is InChI=1S/C9H17N3O2S/c1-3-6-15(13,14)11-9(2)7-12-5-4-10-8-12/h4-5,8-9,11H,3,6-7H2,1-2H3.